The molecule has 0 radical (unpaired) electrons. The minimum atomic E-state index is -0.252. The van der Waals surface area contributed by atoms with E-state index in [1.165, 1.54) is 6.07 Å². The molecule has 0 saturated carbocycles. The van der Waals surface area contributed by atoms with Gasteiger partial charge in [-0.2, -0.15) is 0 Å². The van der Waals surface area contributed by atoms with Crippen LogP contribution in [0.2, 0.25) is 0 Å². The van der Waals surface area contributed by atoms with Crippen LogP contribution in [0.1, 0.15) is 41.4 Å². The Labute approximate surface area is 170 Å². The van der Waals surface area contributed by atoms with Gasteiger partial charge in [0.25, 0.3) is 5.91 Å². The first-order chi connectivity index (χ1) is 14.0. The van der Waals surface area contributed by atoms with Gasteiger partial charge in [-0.3, -0.25) is 14.7 Å². The van der Waals surface area contributed by atoms with Crippen LogP contribution >= 0.6 is 0 Å². The van der Waals surface area contributed by atoms with E-state index in [-0.39, 0.29) is 23.5 Å². The van der Waals surface area contributed by atoms with Gasteiger partial charge in [0.15, 0.2) is 5.76 Å². The maximum atomic E-state index is 14.0. The molecule has 3 rings (SSSR count). The molecule has 0 bridgehead atoms. The van der Waals surface area contributed by atoms with E-state index in [9.17, 15) is 9.18 Å². The van der Waals surface area contributed by atoms with Crippen molar-refractivity contribution in [3.05, 3.63) is 89.4 Å². The van der Waals surface area contributed by atoms with Gasteiger partial charge in [-0.25, -0.2) is 4.39 Å². The molecule has 1 amide bonds. The third kappa shape index (κ3) is 5.99. The molecule has 0 saturated heterocycles. The summed E-state index contributed by atoms with van der Waals surface area (Å²) in [5.74, 6) is 0.475. The van der Waals surface area contributed by atoms with E-state index in [1.54, 1.807) is 30.5 Å². The quantitative estimate of drug-likeness (QED) is 0.590. The average molecular weight is 395 g/mol. The molecule has 0 atom stereocenters. The van der Waals surface area contributed by atoms with Crippen molar-refractivity contribution in [3.63, 3.8) is 0 Å². The number of halogens is 1. The topological polar surface area (TPSA) is 58.4 Å². The van der Waals surface area contributed by atoms with Crippen molar-refractivity contribution in [2.24, 2.45) is 0 Å². The van der Waals surface area contributed by atoms with Crippen molar-refractivity contribution in [2.45, 2.75) is 39.4 Å². The lowest BCUT2D eigenvalue weighted by atomic mass is 10.1. The highest BCUT2D eigenvalue weighted by atomic mass is 19.1. The fourth-order valence-corrected chi connectivity index (χ4v) is 2.99. The molecule has 0 aliphatic carbocycles. The van der Waals surface area contributed by atoms with Crippen LogP contribution in [0, 0.1) is 5.82 Å². The van der Waals surface area contributed by atoms with Crippen molar-refractivity contribution >= 4 is 5.91 Å². The number of benzene rings is 1. The Hall–Kier alpha value is -2.99. The maximum Gasteiger partial charge on any atom is 0.287 e. The number of nitrogens with zero attached hydrogens (tertiary/aromatic N) is 2. The normalized spacial score (nSPS) is 11.2. The summed E-state index contributed by atoms with van der Waals surface area (Å²) in [4.78, 5) is 18.6. The zero-order chi connectivity index (χ0) is 20.6. The predicted molar refractivity (Wildman–Crippen MR) is 110 cm³/mol. The van der Waals surface area contributed by atoms with Gasteiger partial charge in [0.1, 0.15) is 11.6 Å². The third-order valence-electron chi connectivity index (χ3n) is 4.70. The summed E-state index contributed by atoms with van der Waals surface area (Å²) < 4.78 is 19.7. The van der Waals surface area contributed by atoms with E-state index in [1.807, 2.05) is 24.3 Å². The Morgan fingerprint density at radius 3 is 2.62 bits per heavy atom. The lowest BCUT2D eigenvalue weighted by Crippen LogP contribution is -2.30. The lowest BCUT2D eigenvalue weighted by molar-refractivity contribution is 0.0921. The number of hydrogen-bond acceptors (Lipinski definition) is 4. The zero-order valence-electron chi connectivity index (χ0n) is 16.8. The molecule has 1 aromatic carbocycles. The molecule has 0 unspecified atom stereocenters. The van der Waals surface area contributed by atoms with Crippen LogP contribution < -0.4 is 5.32 Å². The fourth-order valence-electron chi connectivity index (χ4n) is 2.99. The second-order valence-corrected chi connectivity index (χ2v) is 7.18. The monoisotopic (exact) mass is 395 g/mol. The van der Waals surface area contributed by atoms with Crippen LogP contribution in [0.15, 0.2) is 65.2 Å². The number of furan rings is 1. The molecular weight excluding hydrogens is 369 g/mol. The summed E-state index contributed by atoms with van der Waals surface area (Å²) in [6.07, 6.45) is 2.39. The zero-order valence-corrected chi connectivity index (χ0v) is 16.8. The van der Waals surface area contributed by atoms with E-state index < -0.39 is 0 Å². The molecule has 0 spiro atoms. The minimum absolute atomic E-state index is 0.190. The first kappa shape index (κ1) is 20.7. The van der Waals surface area contributed by atoms with Gasteiger partial charge < -0.3 is 9.73 Å². The number of carbonyl (C=O) groups excluding carboxylic acids is 1. The van der Waals surface area contributed by atoms with E-state index in [0.717, 1.165) is 5.69 Å². The highest BCUT2D eigenvalue weighted by Crippen LogP contribution is 2.17. The summed E-state index contributed by atoms with van der Waals surface area (Å²) in [5.41, 5.74) is 1.56. The Bertz CT molecular complexity index is 925. The SMILES string of the molecule is CC(C)N(Cc1ccc(C(=O)NCCc2ccccn2)o1)Cc1ccccc1F. The fraction of sp³-hybridized carbons (Fsp3) is 0.304. The molecule has 5 nitrogen and oxygen atoms in total. The molecule has 0 aliphatic rings. The second kappa shape index (κ2) is 9.98. The number of pyridine rings is 1. The molecule has 152 valence electrons. The second-order valence-electron chi connectivity index (χ2n) is 7.18. The standard InChI is InChI=1S/C23H26FN3O2/c1-17(2)27(15-18-7-3-4-9-21(18)24)16-20-10-11-22(29-20)23(28)26-14-12-19-8-5-6-13-25-19/h3-11,13,17H,12,14-16H2,1-2H3,(H,26,28). The molecule has 2 aromatic heterocycles. The van der Waals surface area contributed by atoms with E-state index in [4.69, 9.17) is 4.42 Å². The summed E-state index contributed by atoms with van der Waals surface area (Å²) in [6, 6.07) is 16.1. The first-order valence-electron chi connectivity index (χ1n) is 9.77. The van der Waals surface area contributed by atoms with Crippen LogP contribution in [0.4, 0.5) is 4.39 Å². The largest absolute Gasteiger partial charge is 0.455 e. The van der Waals surface area contributed by atoms with Crippen molar-refractivity contribution in [1.29, 1.82) is 0 Å². The van der Waals surface area contributed by atoms with Crippen molar-refractivity contribution in [2.75, 3.05) is 6.54 Å². The van der Waals surface area contributed by atoms with Crippen LogP contribution in [0.25, 0.3) is 0 Å². The Balaban J connectivity index is 1.56. The Morgan fingerprint density at radius 2 is 1.90 bits per heavy atom. The molecule has 29 heavy (non-hydrogen) atoms. The number of nitrogens with one attached hydrogen (secondary N) is 1. The smallest absolute Gasteiger partial charge is 0.287 e. The summed E-state index contributed by atoms with van der Waals surface area (Å²) in [7, 11) is 0. The van der Waals surface area contributed by atoms with Crippen LogP contribution in [-0.4, -0.2) is 28.4 Å². The number of aromatic nitrogens is 1. The van der Waals surface area contributed by atoms with Crippen molar-refractivity contribution < 1.29 is 13.6 Å². The molecular formula is C23H26FN3O2. The average Bonchev–Trinajstić information content (AvgIpc) is 3.18. The third-order valence-corrected chi connectivity index (χ3v) is 4.70. The van der Waals surface area contributed by atoms with Crippen LogP contribution in [0.3, 0.4) is 0 Å². The van der Waals surface area contributed by atoms with Gasteiger partial charge in [0.2, 0.25) is 0 Å². The van der Waals surface area contributed by atoms with Crippen LogP contribution in [-0.2, 0) is 19.5 Å². The van der Waals surface area contributed by atoms with Gasteiger partial charge in [-0.15, -0.1) is 0 Å². The molecule has 6 heteroatoms. The van der Waals surface area contributed by atoms with Gasteiger partial charge >= 0.3 is 0 Å². The van der Waals surface area contributed by atoms with Gasteiger partial charge in [-0.1, -0.05) is 24.3 Å². The Kier molecular flexibility index (Phi) is 7.14. The lowest BCUT2D eigenvalue weighted by Gasteiger charge is -2.25. The molecule has 0 fully saturated rings. The van der Waals surface area contributed by atoms with E-state index in [0.29, 0.717) is 37.4 Å². The summed E-state index contributed by atoms with van der Waals surface area (Å²) >= 11 is 0. The molecule has 1 N–H and O–H groups in total. The van der Waals surface area contributed by atoms with Gasteiger partial charge in [0.05, 0.1) is 6.54 Å². The minimum Gasteiger partial charge on any atom is -0.455 e. The predicted octanol–water partition coefficient (Wildman–Crippen LogP) is 4.20. The maximum absolute atomic E-state index is 14.0. The van der Waals surface area contributed by atoms with Gasteiger partial charge in [0, 0.05) is 43.0 Å². The molecule has 3 aromatic rings. The highest BCUT2D eigenvalue weighted by molar-refractivity contribution is 5.91. The Morgan fingerprint density at radius 1 is 1.10 bits per heavy atom. The number of rotatable bonds is 9. The number of amides is 1. The first-order valence-corrected chi connectivity index (χ1v) is 9.77. The van der Waals surface area contributed by atoms with E-state index in [2.05, 4.69) is 29.0 Å². The summed E-state index contributed by atoms with van der Waals surface area (Å²) in [6.45, 7) is 5.55. The molecule has 0 aliphatic heterocycles. The summed E-state index contributed by atoms with van der Waals surface area (Å²) in [5, 5.41) is 2.85. The van der Waals surface area contributed by atoms with Crippen LogP contribution in [0.5, 0.6) is 0 Å². The molecule has 2 heterocycles. The van der Waals surface area contributed by atoms with Gasteiger partial charge in [-0.05, 0) is 44.2 Å². The number of carbonyl (C=O) groups is 1. The van der Waals surface area contributed by atoms with E-state index >= 15 is 0 Å². The highest BCUT2D eigenvalue weighted by Gasteiger charge is 2.17. The van der Waals surface area contributed by atoms with Crippen molar-refractivity contribution in [1.82, 2.24) is 15.2 Å². The number of hydrogen-bond donors (Lipinski definition) is 1. The van der Waals surface area contributed by atoms with Crippen molar-refractivity contribution in [3.8, 4) is 0 Å².